The number of amides is 1. The molecule has 0 unspecified atom stereocenters. The van der Waals surface area contributed by atoms with Crippen LogP contribution in [0, 0.1) is 0 Å². The minimum absolute atomic E-state index is 0.144. The van der Waals surface area contributed by atoms with E-state index in [1.54, 1.807) is 31.2 Å². The van der Waals surface area contributed by atoms with E-state index in [4.69, 9.17) is 11.6 Å². The molecule has 0 spiro atoms. The first-order chi connectivity index (χ1) is 10.4. The maximum atomic E-state index is 12.1. The number of hydrogen-bond acceptors (Lipinski definition) is 3. The predicted molar refractivity (Wildman–Crippen MR) is 86.7 cm³/mol. The lowest BCUT2D eigenvalue weighted by molar-refractivity contribution is 0.102. The molecule has 0 aliphatic carbocycles. The number of benzene rings is 2. The normalized spacial score (nSPS) is 11.2. The highest BCUT2D eigenvalue weighted by molar-refractivity contribution is 7.89. The number of sulfonamides is 1. The first-order valence-corrected chi connectivity index (χ1v) is 8.46. The molecule has 22 heavy (non-hydrogen) atoms. The van der Waals surface area contributed by atoms with Crippen LogP contribution in [0.4, 0.5) is 5.69 Å². The van der Waals surface area contributed by atoms with Crippen molar-refractivity contribution in [3.05, 3.63) is 59.1 Å². The number of carbonyl (C=O) groups is 1. The molecule has 1 amide bonds. The Morgan fingerprint density at radius 2 is 1.73 bits per heavy atom. The molecule has 2 N–H and O–H groups in total. The van der Waals surface area contributed by atoms with E-state index in [1.165, 1.54) is 24.3 Å². The molecular weight excluding hydrogens is 324 g/mol. The average Bonchev–Trinajstić information content (AvgIpc) is 2.48. The van der Waals surface area contributed by atoms with Gasteiger partial charge in [-0.2, -0.15) is 0 Å². The number of halogens is 1. The Hall–Kier alpha value is -1.89. The smallest absolute Gasteiger partial charge is 0.257 e. The molecule has 7 heteroatoms. The van der Waals surface area contributed by atoms with E-state index in [9.17, 15) is 13.2 Å². The number of hydrogen-bond donors (Lipinski definition) is 2. The van der Waals surface area contributed by atoms with E-state index in [0.29, 0.717) is 22.8 Å². The average molecular weight is 339 g/mol. The van der Waals surface area contributed by atoms with Crippen LogP contribution in [0.5, 0.6) is 0 Å². The molecule has 2 aromatic rings. The van der Waals surface area contributed by atoms with Gasteiger partial charge in [-0.3, -0.25) is 4.79 Å². The first-order valence-electron chi connectivity index (χ1n) is 6.59. The lowest BCUT2D eigenvalue weighted by atomic mass is 10.2. The van der Waals surface area contributed by atoms with Crippen LogP contribution >= 0.6 is 11.6 Å². The molecule has 0 atom stereocenters. The molecule has 0 aromatic heterocycles. The Bertz CT molecular complexity index is 774. The molecule has 116 valence electrons. The Morgan fingerprint density at radius 1 is 1.09 bits per heavy atom. The lowest BCUT2D eigenvalue weighted by Gasteiger charge is -2.08. The van der Waals surface area contributed by atoms with Crippen molar-refractivity contribution in [2.24, 2.45) is 0 Å². The standard InChI is InChI=1S/C15H15ClN2O3S/c1-2-17-22(20,21)12-9-7-11(8-10-12)18-15(19)13-5-3-4-6-14(13)16/h3-10,17H,2H2,1H3,(H,18,19). The van der Waals surface area contributed by atoms with Crippen molar-refractivity contribution in [2.45, 2.75) is 11.8 Å². The maximum Gasteiger partial charge on any atom is 0.257 e. The molecule has 0 aliphatic heterocycles. The molecule has 0 fully saturated rings. The van der Waals surface area contributed by atoms with Gasteiger partial charge in [-0.15, -0.1) is 0 Å². The molecule has 5 nitrogen and oxygen atoms in total. The van der Waals surface area contributed by atoms with Gasteiger partial charge >= 0.3 is 0 Å². The van der Waals surface area contributed by atoms with E-state index in [1.807, 2.05) is 0 Å². The lowest BCUT2D eigenvalue weighted by Crippen LogP contribution is -2.23. The van der Waals surface area contributed by atoms with Gasteiger partial charge in [0.05, 0.1) is 15.5 Å². The molecule has 0 heterocycles. The van der Waals surface area contributed by atoms with Crippen molar-refractivity contribution in [1.29, 1.82) is 0 Å². The molecular formula is C15H15ClN2O3S. The molecule has 0 saturated heterocycles. The Balaban J connectivity index is 2.15. The topological polar surface area (TPSA) is 75.3 Å². The summed E-state index contributed by atoms with van der Waals surface area (Å²) in [6, 6.07) is 12.6. The third kappa shape index (κ3) is 3.85. The van der Waals surface area contributed by atoms with E-state index < -0.39 is 10.0 Å². The second kappa shape index (κ2) is 6.91. The van der Waals surface area contributed by atoms with Crippen LogP contribution in [0.1, 0.15) is 17.3 Å². The van der Waals surface area contributed by atoms with Crippen LogP contribution in [0.15, 0.2) is 53.4 Å². The molecule has 0 bridgehead atoms. The van der Waals surface area contributed by atoms with Crippen LogP contribution in [0.3, 0.4) is 0 Å². The third-order valence-electron chi connectivity index (χ3n) is 2.88. The van der Waals surface area contributed by atoms with Crippen molar-refractivity contribution >= 4 is 33.2 Å². The van der Waals surface area contributed by atoms with Gasteiger partial charge in [0.2, 0.25) is 10.0 Å². The summed E-state index contributed by atoms with van der Waals surface area (Å²) in [6.45, 7) is 2.02. The van der Waals surface area contributed by atoms with Crippen LogP contribution in [0.2, 0.25) is 5.02 Å². The van der Waals surface area contributed by atoms with E-state index >= 15 is 0 Å². The summed E-state index contributed by atoms with van der Waals surface area (Å²) in [5.41, 5.74) is 0.842. The van der Waals surface area contributed by atoms with Gasteiger partial charge in [0.15, 0.2) is 0 Å². The van der Waals surface area contributed by atoms with Gasteiger partial charge < -0.3 is 5.32 Å². The minimum atomic E-state index is -3.50. The van der Waals surface area contributed by atoms with E-state index in [2.05, 4.69) is 10.0 Å². The zero-order chi connectivity index (χ0) is 16.2. The summed E-state index contributed by atoms with van der Waals surface area (Å²) < 4.78 is 26.0. The number of nitrogens with one attached hydrogen (secondary N) is 2. The minimum Gasteiger partial charge on any atom is -0.322 e. The van der Waals surface area contributed by atoms with Crippen molar-refractivity contribution in [1.82, 2.24) is 4.72 Å². The van der Waals surface area contributed by atoms with Crippen molar-refractivity contribution < 1.29 is 13.2 Å². The SMILES string of the molecule is CCNS(=O)(=O)c1ccc(NC(=O)c2ccccc2Cl)cc1. The molecule has 2 aromatic carbocycles. The second-order valence-electron chi connectivity index (χ2n) is 4.46. The third-order valence-corrected chi connectivity index (χ3v) is 4.77. The summed E-state index contributed by atoms with van der Waals surface area (Å²) in [5.74, 6) is -0.354. The Labute approximate surface area is 134 Å². The summed E-state index contributed by atoms with van der Waals surface area (Å²) in [5, 5.41) is 3.02. The van der Waals surface area contributed by atoms with Crippen LogP contribution in [-0.2, 0) is 10.0 Å². The predicted octanol–water partition coefficient (Wildman–Crippen LogP) is 2.89. The zero-order valence-corrected chi connectivity index (χ0v) is 13.4. The highest BCUT2D eigenvalue weighted by Crippen LogP contribution is 2.18. The zero-order valence-electron chi connectivity index (χ0n) is 11.8. The van der Waals surface area contributed by atoms with Crippen molar-refractivity contribution in [3.63, 3.8) is 0 Å². The van der Waals surface area contributed by atoms with Crippen LogP contribution in [0.25, 0.3) is 0 Å². The van der Waals surface area contributed by atoms with Crippen molar-refractivity contribution in [2.75, 3.05) is 11.9 Å². The van der Waals surface area contributed by atoms with Gasteiger partial charge in [0.1, 0.15) is 0 Å². The monoisotopic (exact) mass is 338 g/mol. The number of carbonyl (C=O) groups excluding carboxylic acids is 1. The maximum absolute atomic E-state index is 12.1. The summed E-state index contributed by atoms with van der Waals surface area (Å²) in [4.78, 5) is 12.2. The number of anilines is 1. The van der Waals surface area contributed by atoms with Gasteiger partial charge in [0, 0.05) is 12.2 Å². The fraction of sp³-hybridized carbons (Fsp3) is 0.133. The van der Waals surface area contributed by atoms with Gasteiger partial charge in [0.25, 0.3) is 5.91 Å². The molecule has 0 saturated carbocycles. The van der Waals surface area contributed by atoms with E-state index in [0.717, 1.165) is 0 Å². The van der Waals surface area contributed by atoms with Crippen LogP contribution < -0.4 is 10.0 Å². The first kappa shape index (κ1) is 16.5. The second-order valence-corrected chi connectivity index (χ2v) is 6.63. The molecule has 2 rings (SSSR count). The molecule has 0 aliphatic rings. The summed E-state index contributed by atoms with van der Waals surface area (Å²) >= 11 is 5.96. The fourth-order valence-corrected chi connectivity index (χ4v) is 3.10. The fourth-order valence-electron chi connectivity index (χ4n) is 1.83. The van der Waals surface area contributed by atoms with Crippen LogP contribution in [-0.4, -0.2) is 20.9 Å². The Kier molecular flexibility index (Phi) is 5.18. The summed E-state index contributed by atoms with van der Waals surface area (Å²) in [7, 11) is -3.50. The largest absolute Gasteiger partial charge is 0.322 e. The highest BCUT2D eigenvalue weighted by atomic mass is 35.5. The van der Waals surface area contributed by atoms with E-state index in [-0.39, 0.29) is 10.8 Å². The van der Waals surface area contributed by atoms with Gasteiger partial charge in [-0.05, 0) is 36.4 Å². The highest BCUT2D eigenvalue weighted by Gasteiger charge is 2.13. The summed E-state index contributed by atoms with van der Waals surface area (Å²) in [6.07, 6.45) is 0. The van der Waals surface area contributed by atoms with Crippen molar-refractivity contribution in [3.8, 4) is 0 Å². The van der Waals surface area contributed by atoms with Gasteiger partial charge in [-0.25, -0.2) is 13.1 Å². The Morgan fingerprint density at radius 3 is 2.32 bits per heavy atom. The quantitative estimate of drug-likeness (QED) is 0.880. The number of rotatable bonds is 5. The molecule has 0 radical (unpaired) electrons. The van der Waals surface area contributed by atoms with Gasteiger partial charge in [-0.1, -0.05) is 30.7 Å².